The summed E-state index contributed by atoms with van der Waals surface area (Å²) in [5, 5.41) is 4.58. The van der Waals surface area contributed by atoms with E-state index >= 15 is 0 Å². The lowest BCUT2D eigenvalue weighted by molar-refractivity contribution is -0.122. The van der Waals surface area contributed by atoms with Crippen LogP contribution < -0.4 is 10.2 Å². The van der Waals surface area contributed by atoms with E-state index in [-0.39, 0.29) is 28.5 Å². The standard InChI is InChI=1S/C15H23N3O4S2/c1-11-10-23-15(20)18(11)9-6-14(19)16-12-4-7-17(8-5-12)24(21,22)13-2-3-13/h10,12-13H,2-9H2,1H3,(H,16,19). The fourth-order valence-electron chi connectivity index (χ4n) is 3.02. The monoisotopic (exact) mass is 373 g/mol. The van der Waals surface area contributed by atoms with Crippen molar-refractivity contribution in [3.63, 3.8) is 0 Å². The van der Waals surface area contributed by atoms with Crippen LogP contribution in [-0.2, 0) is 21.4 Å². The fraction of sp³-hybridized carbons (Fsp3) is 0.733. The van der Waals surface area contributed by atoms with Gasteiger partial charge < -0.3 is 9.88 Å². The Morgan fingerprint density at radius 1 is 1.29 bits per heavy atom. The number of hydrogen-bond acceptors (Lipinski definition) is 5. The number of piperidine rings is 1. The van der Waals surface area contributed by atoms with E-state index in [1.165, 1.54) is 0 Å². The smallest absolute Gasteiger partial charge is 0.307 e. The van der Waals surface area contributed by atoms with Gasteiger partial charge in [-0.05, 0) is 32.6 Å². The highest BCUT2D eigenvalue weighted by Crippen LogP contribution is 2.32. The average molecular weight is 374 g/mol. The van der Waals surface area contributed by atoms with Crippen molar-refractivity contribution in [2.24, 2.45) is 0 Å². The maximum Gasteiger partial charge on any atom is 0.307 e. The lowest BCUT2D eigenvalue weighted by atomic mass is 10.1. The van der Waals surface area contributed by atoms with Gasteiger partial charge in [0.2, 0.25) is 15.9 Å². The molecule has 0 spiro atoms. The van der Waals surface area contributed by atoms with Crippen molar-refractivity contribution < 1.29 is 13.2 Å². The number of amides is 1. The molecule has 1 saturated heterocycles. The van der Waals surface area contributed by atoms with Crippen LogP contribution in [0.5, 0.6) is 0 Å². The van der Waals surface area contributed by atoms with Crippen molar-refractivity contribution in [2.45, 2.75) is 56.9 Å². The Morgan fingerprint density at radius 3 is 2.50 bits per heavy atom. The van der Waals surface area contributed by atoms with Gasteiger partial charge in [0.1, 0.15) is 0 Å². The molecule has 3 rings (SSSR count). The van der Waals surface area contributed by atoms with Crippen LogP contribution in [0, 0.1) is 6.92 Å². The summed E-state index contributed by atoms with van der Waals surface area (Å²) in [6.07, 6.45) is 3.11. The van der Waals surface area contributed by atoms with Gasteiger partial charge in [0.25, 0.3) is 0 Å². The second-order valence-corrected chi connectivity index (χ2v) is 9.56. The van der Waals surface area contributed by atoms with Crippen molar-refractivity contribution in [1.82, 2.24) is 14.2 Å². The zero-order chi connectivity index (χ0) is 17.3. The molecule has 1 amide bonds. The number of sulfonamides is 1. The molecule has 24 heavy (non-hydrogen) atoms. The predicted molar refractivity (Wildman–Crippen MR) is 92.6 cm³/mol. The molecule has 1 saturated carbocycles. The largest absolute Gasteiger partial charge is 0.353 e. The molecule has 9 heteroatoms. The fourth-order valence-corrected chi connectivity index (χ4v) is 5.65. The highest BCUT2D eigenvalue weighted by atomic mass is 32.2. The molecule has 0 atom stereocenters. The first-order valence-corrected chi connectivity index (χ1v) is 10.7. The Bertz CT molecular complexity index is 756. The molecule has 0 radical (unpaired) electrons. The van der Waals surface area contributed by atoms with Gasteiger partial charge in [-0.2, -0.15) is 0 Å². The number of nitrogens with zero attached hydrogens (tertiary/aromatic N) is 2. The van der Waals surface area contributed by atoms with E-state index in [9.17, 15) is 18.0 Å². The molecule has 0 aromatic carbocycles. The molecule has 2 aliphatic rings. The van der Waals surface area contributed by atoms with E-state index in [1.807, 2.05) is 6.92 Å². The van der Waals surface area contributed by atoms with Crippen LogP contribution in [0.1, 0.15) is 37.8 Å². The van der Waals surface area contributed by atoms with Gasteiger partial charge in [0.05, 0.1) is 5.25 Å². The summed E-state index contributed by atoms with van der Waals surface area (Å²) in [6, 6.07) is 0.0171. The summed E-state index contributed by atoms with van der Waals surface area (Å²) in [7, 11) is -3.11. The zero-order valence-electron chi connectivity index (χ0n) is 13.7. The van der Waals surface area contributed by atoms with Gasteiger partial charge in [0, 0.05) is 43.2 Å². The maximum absolute atomic E-state index is 12.2. The van der Waals surface area contributed by atoms with E-state index < -0.39 is 10.0 Å². The lowest BCUT2D eigenvalue weighted by Crippen LogP contribution is -2.47. The molecule has 2 heterocycles. The molecule has 7 nitrogen and oxygen atoms in total. The molecule has 1 aromatic rings. The van der Waals surface area contributed by atoms with E-state index in [0.717, 1.165) is 29.9 Å². The molecular weight excluding hydrogens is 350 g/mol. The molecule has 1 aliphatic heterocycles. The third-order valence-corrected chi connectivity index (χ3v) is 7.94. The Morgan fingerprint density at radius 2 is 1.96 bits per heavy atom. The van der Waals surface area contributed by atoms with Crippen LogP contribution in [0.25, 0.3) is 0 Å². The first-order valence-electron chi connectivity index (χ1n) is 8.31. The van der Waals surface area contributed by atoms with Crippen LogP contribution in [-0.4, -0.2) is 47.6 Å². The van der Waals surface area contributed by atoms with Crippen LogP contribution in [0.3, 0.4) is 0 Å². The number of nitrogens with one attached hydrogen (secondary N) is 1. The minimum Gasteiger partial charge on any atom is -0.353 e. The SMILES string of the molecule is Cc1csc(=O)n1CCC(=O)NC1CCN(S(=O)(=O)C2CC2)CC1. The van der Waals surface area contributed by atoms with Crippen molar-refractivity contribution in [3.05, 3.63) is 20.7 Å². The molecule has 1 aliphatic carbocycles. The maximum atomic E-state index is 12.2. The molecule has 1 aromatic heterocycles. The van der Waals surface area contributed by atoms with Gasteiger partial charge in [-0.3, -0.25) is 9.59 Å². The zero-order valence-corrected chi connectivity index (χ0v) is 15.4. The molecule has 0 bridgehead atoms. The predicted octanol–water partition coefficient (Wildman–Crippen LogP) is 0.681. The Labute approximate surface area is 145 Å². The Balaban J connectivity index is 1.44. The summed E-state index contributed by atoms with van der Waals surface area (Å²) < 4.78 is 27.5. The van der Waals surface area contributed by atoms with Gasteiger partial charge in [-0.1, -0.05) is 11.3 Å². The molecule has 0 unspecified atom stereocenters. The van der Waals surface area contributed by atoms with Crippen LogP contribution in [0.2, 0.25) is 0 Å². The van der Waals surface area contributed by atoms with E-state index in [4.69, 9.17) is 0 Å². The first kappa shape index (κ1) is 17.6. The summed E-state index contributed by atoms with van der Waals surface area (Å²) in [5.41, 5.74) is 0.872. The van der Waals surface area contributed by atoms with Gasteiger partial charge in [-0.25, -0.2) is 12.7 Å². The van der Waals surface area contributed by atoms with Crippen LogP contribution in [0.15, 0.2) is 10.2 Å². The number of aryl methyl sites for hydroxylation is 1. The average Bonchev–Trinajstić information content (AvgIpc) is 3.34. The van der Waals surface area contributed by atoms with Gasteiger partial charge in [-0.15, -0.1) is 0 Å². The quantitative estimate of drug-likeness (QED) is 0.794. The second kappa shape index (κ2) is 6.97. The van der Waals surface area contributed by atoms with Crippen LogP contribution >= 0.6 is 11.3 Å². The minimum atomic E-state index is -3.11. The second-order valence-electron chi connectivity index (χ2n) is 6.53. The number of aromatic nitrogens is 1. The third-order valence-electron chi connectivity index (χ3n) is 4.66. The molecular formula is C15H23N3O4S2. The number of carbonyl (C=O) groups excluding carboxylic acids is 1. The molecule has 2 fully saturated rings. The number of hydrogen-bond donors (Lipinski definition) is 1. The normalized spacial score (nSPS) is 20.2. The summed E-state index contributed by atoms with van der Waals surface area (Å²) >= 11 is 1.14. The Kier molecular flexibility index (Phi) is 5.12. The van der Waals surface area contributed by atoms with Crippen molar-refractivity contribution in [1.29, 1.82) is 0 Å². The summed E-state index contributed by atoms with van der Waals surface area (Å²) in [4.78, 5) is 23.6. The van der Waals surface area contributed by atoms with Crippen molar-refractivity contribution >= 4 is 27.3 Å². The Hall–Kier alpha value is -1.19. The summed E-state index contributed by atoms with van der Waals surface area (Å²) in [5.74, 6) is -0.0870. The van der Waals surface area contributed by atoms with Crippen molar-refractivity contribution in [2.75, 3.05) is 13.1 Å². The van der Waals surface area contributed by atoms with E-state index in [2.05, 4.69) is 5.32 Å². The minimum absolute atomic E-state index is 0.0171. The topological polar surface area (TPSA) is 88.5 Å². The van der Waals surface area contributed by atoms with Gasteiger partial charge in [0.15, 0.2) is 0 Å². The van der Waals surface area contributed by atoms with E-state index in [1.54, 1.807) is 14.3 Å². The van der Waals surface area contributed by atoms with Gasteiger partial charge >= 0.3 is 4.87 Å². The third kappa shape index (κ3) is 3.89. The molecule has 134 valence electrons. The lowest BCUT2D eigenvalue weighted by Gasteiger charge is -2.31. The number of thiazole rings is 1. The van der Waals surface area contributed by atoms with E-state index in [0.29, 0.717) is 32.5 Å². The summed E-state index contributed by atoms with van der Waals surface area (Å²) in [6.45, 7) is 3.19. The number of rotatable bonds is 6. The highest BCUT2D eigenvalue weighted by Gasteiger charge is 2.41. The highest BCUT2D eigenvalue weighted by molar-refractivity contribution is 7.90. The van der Waals surface area contributed by atoms with Crippen molar-refractivity contribution in [3.8, 4) is 0 Å². The van der Waals surface area contributed by atoms with Crippen LogP contribution in [0.4, 0.5) is 0 Å². The number of carbonyl (C=O) groups is 1. The first-order chi connectivity index (χ1) is 11.4. The molecule has 1 N–H and O–H groups in total.